The zero-order valence-corrected chi connectivity index (χ0v) is 7.37. The molecule has 1 aliphatic rings. The van der Waals surface area contributed by atoms with Gasteiger partial charge in [-0.1, -0.05) is 0 Å². The van der Waals surface area contributed by atoms with Crippen LogP contribution in [-0.4, -0.2) is 46.0 Å². The van der Waals surface area contributed by atoms with Gasteiger partial charge in [0, 0.05) is 7.11 Å². The fourth-order valence-electron chi connectivity index (χ4n) is 0.955. The SMILES string of the molecule is CO[C@@H]1COS(=O)(=O)N[C@H]1CO. The molecule has 72 valence electrons. The number of rotatable bonds is 2. The lowest BCUT2D eigenvalue weighted by Gasteiger charge is -2.28. The van der Waals surface area contributed by atoms with Gasteiger partial charge in [-0.25, -0.2) is 0 Å². The van der Waals surface area contributed by atoms with Crippen LogP contribution in [0.2, 0.25) is 0 Å². The molecule has 0 aromatic rings. The van der Waals surface area contributed by atoms with Gasteiger partial charge in [-0.2, -0.15) is 13.1 Å². The number of ether oxygens (including phenoxy) is 1. The number of aliphatic hydroxyl groups is 1. The molecule has 1 heterocycles. The van der Waals surface area contributed by atoms with Crippen LogP contribution >= 0.6 is 0 Å². The van der Waals surface area contributed by atoms with Gasteiger partial charge < -0.3 is 9.84 Å². The number of hydrogen-bond acceptors (Lipinski definition) is 5. The molecular formula is C5H11NO5S. The first-order chi connectivity index (χ1) is 5.59. The van der Waals surface area contributed by atoms with Crippen molar-refractivity contribution in [3.63, 3.8) is 0 Å². The van der Waals surface area contributed by atoms with E-state index in [1.165, 1.54) is 7.11 Å². The molecule has 0 spiro atoms. The van der Waals surface area contributed by atoms with Gasteiger partial charge in [0.25, 0.3) is 0 Å². The maximum Gasteiger partial charge on any atom is 0.336 e. The Labute approximate surface area is 70.7 Å². The summed E-state index contributed by atoms with van der Waals surface area (Å²) in [4.78, 5) is 0. The lowest BCUT2D eigenvalue weighted by atomic mass is 10.2. The molecule has 1 aliphatic heterocycles. The summed E-state index contributed by atoms with van der Waals surface area (Å²) in [6.45, 7) is -0.363. The lowest BCUT2D eigenvalue weighted by molar-refractivity contribution is 0.00668. The Kier molecular flexibility index (Phi) is 3.02. The van der Waals surface area contributed by atoms with Crippen molar-refractivity contribution in [2.24, 2.45) is 0 Å². The highest BCUT2D eigenvalue weighted by molar-refractivity contribution is 7.84. The number of aliphatic hydroxyl groups excluding tert-OH is 1. The molecule has 1 saturated heterocycles. The molecule has 2 atom stereocenters. The lowest BCUT2D eigenvalue weighted by Crippen LogP contribution is -2.53. The highest BCUT2D eigenvalue weighted by Crippen LogP contribution is 2.08. The quantitative estimate of drug-likeness (QED) is 0.547. The average molecular weight is 197 g/mol. The topological polar surface area (TPSA) is 84.9 Å². The standard InChI is InChI=1S/C5H11NO5S/c1-10-5-3-11-12(8,9)6-4(5)2-7/h4-7H,2-3H2,1H3/t4-,5+/m0/s1. The average Bonchev–Trinajstić information content (AvgIpc) is 2.03. The summed E-state index contributed by atoms with van der Waals surface area (Å²) in [6, 6.07) is -0.617. The van der Waals surface area contributed by atoms with Crippen molar-refractivity contribution in [2.45, 2.75) is 12.1 Å². The van der Waals surface area contributed by atoms with Crippen LogP contribution in [0, 0.1) is 0 Å². The second kappa shape index (κ2) is 3.67. The predicted octanol–water partition coefficient (Wildman–Crippen LogP) is -1.77. The second-order valence-corrected chi connectivity index (χ2v) is 3.80. The van der Waals surface area contributed by atoms with E-state index in [9.17, 15) is 8.42 Å². The normalized spacial score (nSPS) is 34.8. The summed E-state index contributed by atoms with van der Waals surface area (Å²) in [7, 11) is -2.25. The molecule has 0 unspecified atom stereocenters. The first-order valence-electron chi connectivity index (χ1n) is 3.39. The number of hydrogen-bond donors (Lipinski definition) is 2. The molecule has 0 radical (unpaired) electrons. The molecule has 0 aromatic carbocycles. The summed E-state index contributed by atoms with van der Waals surface area (Å²) in [6.07, 6.45) is -0.432. The minimum absolute atomic E-state index is 0.0585. The van der Waals surface area contributed by atoms with E-state index in [2.05, 4.69) is 8.91 Å². The van der Waals surface area contributed by atoms with E-state index < -0.39 is 22.4 Å². The molecule has 1 fully saturated rings. The van der Waals surface area contributed by atoms with Crippen molar-refractivity contribution in [2.75, 3.05) is 20.3 Å². The van der Waals surface area contributed by atoms with Crippen molar-refractivity contribution in [1.82, 2.24) is 4.72 Å². The van der Waals surface area contributed by atoms with E-state index in [-0.39, 0.29) is 13.2 Å². The van der Waals surface area contributed by atoms with Gasteiger partial charge in [0.05, 0.1) is 19.3 Å². The minimum Gasteiger partial charge on any atom is -0.395 e. The highest BCUT2D eigenvalue weighted by Gasteiger charge is 2.32. The van der Waals surface area contributed by atoms with Crippen molar-refractivity contribution in [1.29, 1.82) is 0 Å². The van der Waals surface area contributed by atoms with Crippen molar-refractivity contribution < 1.29 is 22.4 Å². The first-order valence-corrected chi connectivity index (χ1v) is 4.80. The van der Waals surface area contributed by atoms with Gasteiger partial charge in [0.2, 0.25) is 0 Å². The van der Waals surface area contributed by atoms with E-state index in [0.29, 0.717) is 0 Å². The summed E-state index contributed by atoms with van der Waals surface area (Å²) >= 11 is 0. The van der Waals surface area contributed by atoms with Crippen molar-refractivity contribution in [3.8, 4) is 0 Å². The van der Waals surface area contributed by atoms with Crippen LogP contribution in [0.25, 0.3) is 0 Å². The minimum atomic E-state index is -3.68. The van der Waals surface area contributed by atoms with Crippen molar-refractivity contribution >= 4 is 10.3 Å². The Bertz CT molecular complexity index is 238. The molecule has 1 rings (SSSR count). The fraction of sp³-hybridized carbons (Fsp3) is 1.00. The zero-order chi connectivity index (χ0) is 9.19. The first kappa shape index (κ1) is 9.87. The van der Waals surface area contributed by atoms with E-state index in [1.54, 1.807) is 0 Å². The number of nitrogens with one attached hydrogen (secondary N) is 1. The van der Waals surface area contributed by atoms with E-state index >= 15 is 0 Å². The van der Waals surface area contributed by atoms with Crippen LogP contribution in [0.1, 0.15) is 0 Å². The maximum atomic E-state index is 10.8. The van der Waals surface area contributed by atoms with Gasteiger partial charge in [-0.15, -0.1) is 0 Å². The van der Waals surface area contributed by atoms with Crippen LogP contribution in [0.3, 0.4) is 0 Å². The van der Waals surface area contributed by atoms with Crippen LogP contribution in [-0.2, 0) is 19.2 Å². The van der Waals surface area contributed by atoms with Crippen LogP contribution in [0.5, 0.6) is 0 Å². The predicted molar refractivity (Wildman–Crippen MR) is 39.7 cm³/mol. The van der Waals surface area contributed by atoms with Gasteiger partial charge in [-0.3, -0.25) is 4.18 Å². The molecule has 0 aromatic heterocycles. The molecule has 0 saturated carbocycles. The third-order valence-electron chi connectivity index (χ3n) is 1.63. The fourth-order valence-corrected chi connectivity index (χ4v) is 1.93. The Balaban J connectivity index is 2.66. The van der Waals surface area contributed by atoms with Gasteiger partial charge in [0.1, 0.15) is 6.10 Å². The largest absolute Gasteiger partial charge is 0.395 e. The van der Waals surface area contributed by atoms with Gasteiger partial charge >= 0.3 is 10.3 Å². The maximum absolute atomic E-state index is 10.8. The highest BCUT2D eigenvalue weighted by atomic mass is 32.2. The second-order valence-electron chi connectivity index (χ2n) is 2.42. The smallest absolute Gasteiger partial charge is 0.336 e. The van der Waals surface area contributed by atoms with E-state index in [0.717, 1.165) is 0 Å². The van der Waals surface area contributed by atoms with Gasteiger partial charge in [0.15, 0.2) is 0 Å². The van der Waals surface area contributed by atoms with Crippen LogP contribution in [0.4, 0.5) is 0 Å². The summed E-state index contributed by atoms with van der Waals surface area (Å²) < 4.78 is 33.0. The third-order valence-corrected chi connectivity index (χ3v) is 2.67. The summed E-state index contributed by atoms with van der Waals surface area (Å²) in [5.41, 5.74) is 0. The summed E-state index contributed by atoms with van der Waals surface area (Å²) in [5, 5.41) is 8.76. The molecule has 0 aliphatic carbocycles. The number of methoxy groups -OCH3 is 1. The molecule has 2 N–H and O–H groups in total. The molecule has 0 bridgehead atoms. The molecular weight excluding hydrogens is 186 g/mol. The Morgan fingerprint density at radius 2 is 2.42 bits per heavy atom. The molecule has 7 heteroatoms. The summed E-state index contributed by atoms with van der Waals surface area (Å²) in [5.74, 6) is 0. The van der Waals surface area contributed by atoms with Crippen LogP contribution < -0.4 is 4.72 Å². The molecule has 0 amide bonds. The molecule has 12 heavy (non-hydrogen) atoms. The monoisotopic (exact) mass is 197 g/mol. The van der Waals surface area contributed by atoms with Gasteiger partial charge in [-0.05, 0) is 0 Å². The van der Waals surface area contributed by atoms with E-state index in [4.69, 9.17) is 9.84 Å². The molecule has 6 nitrogen and oxygen atoms in total. The zero-order valence-electron chi connectivity index (χ0n) is 6.56. The Hall–Kier alpha value is -0.210. The Morgan fingerprint density at radius 3 is 2.92 bits per heavy atom. The Morgan fingerprint density at radius 1 is 1.75 bits per heavy atom. The van der Waals surface area contributed by atoms with Crippen LogP contribution in [0.15, 0.2) is 0 Å². The third kappa shape index (κ3) is 2.14. The van der Waals surface area contributed by atoms with Crippen molar-refractivity contribution in [3.05, 3.63) is 0 Å². The van der Waals surface area contributed by atoms with E-state index in [1.807, 2.05) is 0 Å².